The first-order valence-corrected chi connectivity index (χ1v) is 7.49. The van der Waals surface area contributed by atoms with Crippen molar-refractivity contribution in [2.75, 3.05) is 14.2 Å². The van der Waals surface area contributed by atoms with Crippen LogP contribution in [0, 0.1) is 39.9 Å². The summed E-state index contributed by atoms with van der Waals surface area (Å²) in [5, 5.41) is 19.1. The van der Waals surface area contributed by atoms with E-state index in [0.717, 1.165) is 27.1 Å². The molecular formula is C16H20N2O5. The van der Waals surface area contributed by atoms with Crippen molar-refractivity contribution in [3.8, 4) is 12.1 Å². The van der Waals surface area contributed by atoms with E-state index in [4.69, 9.17) is 0 Å². The monoisotopic (exact) mass is 320 g/mol. The number of Topliss-reactive ketones (excluding diaryl/α,β-unsaturated/α-hetero) is 1. The van der Waals surface area contributed by atoms with Gasteiger partial charge in [0, 0.05) is 12.3 Å². The van der Waals surface area contributed by atoms with Gasteiger partial charge in [-0.25, -0.2) is 0 Å². The Bertz CT molecular complexity index is 560. The van der Waals surface area contributed by atoms with Crippen LogP contribution in [-0.4, -0.2) is 31.9 Å². The lowest BCUT2D eigenvalue weighted by Crippen LogP contribution is -2.50. The lowest BCUT2D eigenvalue weighted by Gasteiger charge is -2.34. The average molecular weight is 320 g/mol. The Balaban J connectivity index is 3.46. The summed E-state index contributed by atoms with van der Waals surface area (Å²) in [5.74, 6) is -5.12. The Kier molecular flexibility index (Phi) is 6.71. The smallest absolute Gasteiger partial charge is 0.328 e. The predicted octanol–water partition coefficient (Wildman–Crippen LogP) is 1.52. The van der Waals surface area contributed by atoms with Crippen molar-refractivity contribution in [2.45, 2.75) is 38.5 Å². The number of carbonyl (C=O) groups is 3. The first-order valence-electron chi connectivity index (χ1n) is 7.49. The average Bonchev–Trinajstić information content (AvgIpc) is 2.55. The maximum atomic E-state index is 12.5. The molecule has 1 fully saturated rings. The zero-order chi connectivity index (χ0) is 17.5. The molecule has 0 spiro atoms. The number of ether oxygens (including phenoxy) is 2. The largest absolute Gasteiger partial charge is 0.468 e. The molecule has 3 atom stereocenters. The van der Waals surface area contributed by atoms with Crippen molar-refractivity contribution in [1.29, 1.82) is 10.5 Å². The van der Waals surface area contributed by atoms with Crippen LogP contribution in [0.4, 0.5) is 0 Å². The molecule has 124 valence electrons. The molecule has 0 heterocycles. The van der Waals surface area contributed by atoms with E-state index >= 15 is 0 Å². The summed E-state index contributed by atoms with van der Waals surface area (Å²) >= 11 is 0. The Hall–Kier alpha value is -2.41. The van der Waals surface area contributed by atoms with Crippen LogP contribution in [0.1, 0.15) is 38.5 Å². The van der Waals surface area contributed by atoms with Crippen LogP contribution in [0.25, 0.3) is 0 Å². The van der Waals surface area contributed by atoms with E-state index in [9.17, 15) is 24.9 Å². The van der Waals surface area contributed by atoms with E-state index < -0.39 is 29.2 Å². The molecule has 0 amide bonds. The molecule has 0 N–H and O–H groups in total. The number of nitrogens with zero attached hydrogens (tertiary/aromatic N) is 2. The minimum absolute atomic E-state index is 0.213. The molecule has 1 saturated carbocycles. The highest BCUT2D eigenvalue weighted by Gasteiger charge is 2.59. The first-order chi connectivity index (χ1) is 11.0. The van der Waals surface area contributed by atoms with Gasteiger partial charge in [0.15, 0.2) is 11.3 Å². The second-order valence-corrected chi connectivity index (χ2v) is 5.53. The van der Waals surface area contributed by atoms with Gasteiger partial charge in [-0.15, -0.1) is 0 Å². The zero-order valence-corrected chi connectivity index (χ0v) is 13.3. The summed E-state index contributed by atoms with van der Waals surface area (Å²) in [6.45, 7) is 0. The molecule has 0 aliphatic heterocycles. The van der Waals surface area contributed by atoms with Crippen molar-refractivity contribution >= 4 is 17.7 Å². The number of methoxy groups -OCH3 is 2. The summed E-state index contributed by atoms with van der Waals surface area (Å²) in [7, 11) is 2.12. The van der Waals surface area contributed by atoms with Gasteiger partial charge in [-0.05, 0) is 12.8 Å². The predicted molar refractivity (Wildman–Crippen MR) is 77.4 cm³/mol. The maximum Gasteiger partial charge on any atom is 0.328 e. The van der Waals surface area contributed by atoms with Crippen LogP contribution in [0.3, 0.4) is 0 Å². The Morgan fingerprint density at radius 3 is 2.35 bits per heavy atom. The van der Waals surface area contributed by atoms with E-state index in [-0.39, 0.29) is 18.6 Å². The third-order valence-corrected chi connectivity index (χ3v) is 4.33. The van der Waals surface area contributed by atoms with Crippen LogP contribution >= 0.6 is 0 Å². The highest BCUT2D eigenvalue weighted by Crippen LogP contribution is 2.42. The fourth-order valence-electron chi connectivity index (χ4n) is 3.09. The second-order valence-electron chi connectivity index (χ2n) is 5.53. The summed E-state index contributed by atoms with van der Waals surface area (Å²) < 4.78 is 9.24. The molecule has 7 heteroatoms. The Morgan fingerprint density at radius 1 is 1.17 bits per heavy atom. The van der Waals surface area contributed by atoms with Crippen molar-refractivity contribution in [2.24, 2.45) is 17.3 Å². The van der Waals surface area contributed by atoms with E-state index in [0.29, 0.717) is 12.8 Å². The highest BCUT2D eigenvalue weighted by molar-refractivity contribution is 5.96. The highest BCUT2D eigenvalue weighted by atomic mass is 16.5. The summed E-state index contributed by atoms with van der Waals surface area (Å²) in [6.07, 6.45) is 3.53. The van der Waals surface area contributed by atoms with E-state index in [1.165, 1.54) is 0 Å². The van der Waals surface area contributed by atoms with E-state index in [1.54, 1.807) is 12.1 Å². The van der Waals surface area contributed by atoms with Gasteiger partial charge in [-0.3, -0.25) is 14.4 Å². The Labute approximate surface area is 135 Å². The molecule has 0 unspecified atom stereocenters. The zero-order valence-electron chi connectivity index (χ0n) is 13.3. The molecule has 0 aromatic carbocycles. The van der Waals surface area contributed by atoms with Crippen molar-refractivity contribution in [3.05, 3.63) is 0 Å². The summed E-state index contributed by atoms with van der Waals surface area (Å²) in [6, 6.07) is 3.43. The van der Waals surface area contributed by atoms with Gasteiger partial charge in [0.25, 0.3) is 0 Å². The van der Waals surface area contributed by atoms with E-state index in [2.05, 4.69) is 9.47 Å². The minimum atomic E-state index is -2.18. The van der Waals surface area contributed by atoms with Gasteiger partial charge >= 0.3 is 11.9 Å². The number of carbonyl (C=O) groups excluding carboxylic acids is 3. The van der Waals surface area contributed by atoms with Crippen molar-refractivity contribution < 1.29 is 23.9 Å². The normalized spacial score (nSPS) is 22.3. The van der Waals surface area contributed by atoms with Gasteiger partial charge in [-0.1, -0.05) is 19.3 Å². The van der Waals surface area contributed by atoms with Crippen molar-refractivity contribution in [1.82, 2.24) is 0 Å². The maximum absolute atomic E-state index is 12.5. The van der Waals surface area contributed by atoms with Gasteiger partial charge < -0.3 is 9.47 Å². The minimum Gasteiger partial charge on any atom is -0.468 e. The molecule has 0 aromatic heterocycles. The third-order valence-electron chi connectivity index (χ3n) is 4.33. The molecule has 23 heavy (non-hydrogen) atoms. The van der Waals surface area contributed by atoms with Crippen molar-refractivity contribution in [3.63, 3.8) is 0 Å². The fourth-order valence-corrected chi connectivity index (χ4v) is 3.09. The Morgan fingerprint density at radius 2 is 1.83 bits per heavy atom. The topological polar surface area (TPSA) is 117 Å². The number of hydrogen-bond acceptors (Lipinski definition) is 7. The molecule has 0 bridgehead atoms. The third kappa shape index (κ3) is 3.50. The summed E-state index contributed by atoms with van der Waals surface area (Å²) in [4.78, 5) is 36.8. The van der Waals surface area contributed by atoms with Crippen LogP contribution < -0.4 is 0 Å². The first kappa shape index (κ1) is 18.6. The number of esters is 2. The van der Waals surface area contributed by atoms with Gasteiger partial charge in [-0.2, -0.15) is 10.5 Å². The van der Waals surface area contributed by atoms with Gasteiger partial charge in [0.05, 0.1) is 26.4 Å². The fraction of sp³-hybridized carbons (Fsp3) is 0.688. The van der Waals surface area contributed by atoms with Crippen LogP contribution in [0.2, 0.25) is 0 Å². The molecule has 0 aromatic rings. The number of nitriles is 2. The number of ketones is 1. The molecular weight excluding hydrogens is 300 g/mol. The second kappa shape index (κ2) is 8.28. The standard InChI is InChI=1S/C16H20N2O5/c1-22-14(20)12(9-17)16(10-18,15(21)23-2)11-7-5-3-4-6-8-13(11)19/h11-12H,3-8H2,1-2H3/t11-,12-,16-/m0/s1. The SMILES string of the molecule is COC(=O)[C@H](C#N)[C@@](C#N)(C(=O)OC)[C@H]1CCCCCCC1=O. The summed E-state index contributed by atoms with van der Waals surface area (Å²) in [5.41, 5.74) is -2.18. The van der Waals surface area contributed by atoms with Gasteiger partial charge in [0.2, 0.25) is 0 Å². The quantitative estimate of drug-likeness (QED) is 0.721. The van der Waals surface area contributed by atoms with Gasteiger partial charge in [0.1, 0.15) is 5.78 Å². The molecule has 7 nitrogen and oxygen atoms in total. The molecule has 1 aliphatic carbocycles. The lowest BCUT2D eigenvalue weighted by molar-refractivity contribution is -0.165. The lowest BCUT2D eigenvalue weighted by atomic mass is 9.63. The number of rotatable bonds is 4. The molecule has 1 aliphatic rings. The van der Waals surface area contributed by atoms with Crippen LogP contribution in [0.5, 0.6) is 0 Å². The van der Waals surface area contributed by atoms with E-state index in [1.807, 2.05) is 0 Å². The molecule has 0 saturated heterocycles. The molecule has 0 radical (unpaired) electrons. The van der Waals surface area contributed by atoms with Crippen LogP contribution in [0.15, 0.2) is 0 Å². The van der Waals surface area contributed by atoms with Crippen LogP contribution in [-0.2, 0) is 23.9 Å². The molecule has 1 rings (SSSR count). The number of hydrogen-bond donors (Lipinski definition) is 0.